The first-order valence-corrected chi connectivity index (χ1v) is 3.84. The fourth-order valence-corrected chi connectivity index (χ4v) is 1.30. The van der Waals surface area contributed by atoms with Gasteiger partial charge in [-0.3, -0.25) is 0 Å². The molecule has 0 aromatic carbocycles. The molecule has 0 spiro atoms. The standard InChI is InChI=1S/C8H5N5/c1-2-9-5-13-4-8-7(3-6(1)13)10-12-11-8/h1-5H. The maximum absolute atomic E-state index is 4.00. The second-order valence-corrected chi connectivity index (χ2v) is 2.75. The van der Waals surface area contributed by atoms with Gasteiger partial charge in [0.05, 0.1) is 11.8 Å². The summed E-state index contributed by atoms with van der Waals surface area (Å²) in [5.41, 5.74) is 2.63. The fourth-order valence-electron chi connectivity index (χ4n) is 1.30. The molecule has 5 heteroatoms. The van der Waals surface area contributed by atoms with E-state index in [0.717, 1.165) is 16.9 Å². The molecule has 0 saturated carbocycles. The lowest BCUT2D eigenvalue weighted by Gasteiger charge is -2.00. The lowest BCUT2D eigenvalue weighted by molar-refractivity contribution is 0.951. The van der Waals surface area contributed by atoms with Crippen LogP contribution < -0.4 is 0 Å². The van der Waals surface area contributed by atoms with Crippen LogP contribution in [0.15, 0.2) is 30.9 Å². The number of hydrogen-bond donors (Lipinski definition) is 0. The van der Waals surface area contributed by atoms with Crippen LogP contribution in [-0.4, -0.2) is 24.8 Å². The molecule has 1 aromatic rings. The Morgan fingerprint density at radius 1 is 1.15 bits per heavy atom. The van der Waals surface area contributed by atoms with E-state index in [1.807, 2.05) is 22.7 Å². The third kappa shape index (κ3) is 0.868. The molecule has 0 N–H and O–H groups in total. The second kappa shape index (κ2) is 2.22. The van der Waals surface area contributed by atoms with Gasteiger partial charge in [0.1, 0.15) is 11.4 Å². The van der Waals surface area contributed by atoms with Gasteiger partial charge < -0.3 is 4.40 Å². The Hall–Kier alpha value is -2.04. The quantitative estimate of drug-likeness (QED) is 0.497. The van der Waals surface area contributed by atoms with Crippen LogP contribution in [0.4, 0.5) is 0 Å². The molecule has 13 heavy (non-hydrogen) atoms. The second-order valence-electron chi connectivity index (χ2n) is 2.75. The molecule has 1 aromatic heterocycles. The molecule has 0 radical (unpaired) electrons. The molecule has 2 aliphatic rings. The predicted molar refractivity (Wildman–Crippen MR) is 45.2 cm³/mol. The predicted octanol–water partition coefficient (Wildman–Crippen LogP) is 0.624. The van der Waals surface area contributed by atoms with E-state index in [1.165, 1.54) is 0 Å². The van der Waals surface area contributed by atoms with E-state index in [9.17, 15) is 0 Å². The summed E-state index contributed by atoms with van der Waals surface area (Å²) in [6.45, 7) is 0. The average Bonchev–Trinajstić information content (AvgIpc) is 2.61. The molecule has 0 saturated heterocycles. The molecule has 0 unspecified atom stereocenters. The summed E-state index contributed by atoms with van der Waals surface area (Å²) in [6, 6.07) is 3.84. The molecule has 62 valence electrons. The molecule has 3 heterocycles. The van der Waals surface area contributed by atoms with Crippen molar-refractivity contribution in [3.63, 3.8) is 0 Å². The number of nitrogens with zero attached hydrogens (tertiary/aromatic N) is 5. The van der Waals surface area contributed by atoms with Gasteiger partial charge in [-0.05, 0) is 17.3 Å². The van der Waals surface area contributed by atoms with Gasteiger partial charge in [-0.15, -0.1) is 10.2 Å². The molecule has 0 bridgehead atoms. The Bertz CT molecular complexity index is 482. The Balaban J connectivity index is 2.52. The van der Waals surface area contributed by atoms with Crippen molar-refractivity contribution in [3.05, 3.63) is 30.9 Å². The van der Waals surface area contributed by atoms with Gasteiger partial charge >= 0.3 is 0 Å². The van der Waals surface area contributed by atoms with Crippen LogP contribution in [0.25, 0.3) is 16.9 Å². The normalized spacial score (nSPS) is 11.1. The number of fused-ring (bicyclic) bond motifs is 2. The summed E-state index contributed by atoms with van der Waals surface area (Å²) in [7, 11) is 0. The lowest BCUT2D eigenvalue weighted by Crippen LogP contribution is -1.91. The monoisotopic (exact) mass is 171 g/mol. The van der Waals surface area contributed by atoms with Crippen LogP contribution >= 0.6 is 0 Å². The molecule has 0 atom stereocenters. The third-order valence-electron chi connectivity index (χ3n) is 1.93. The minimum Gasteiger partial charge on any atom is -0.305 e. The Morgan fingerprint density at radius 2 is 2.08 bits per heavy atom. The molecule has 3 rings (SSSR count). The first kappa shape index (κ1) is 6.47. The first-order chi connectivity index (χ1) is 6.43. The molecular formula is C8H5N5. The maximum atomic E-state index is 4.00. The van der Waals surface area contributed by atoms with Gasteiger partial charge in [0, 0.05) is 12.4 Å². The van der Waals surface area contributed by atoms with E-state index in [4.69, 9.17) is 0 Å². The Kier molecular flexibility index (Phi) is 1.11. The molecule has 0 fully saturated rings. The number of aromatic nitrogens is 5. The molecule has 2 aliphatic heterocycles. The molecule has 0 aliphatic carbocycles. The van der Waals surface area contributed by atoms with Crippen molar-refractivity contribution >= 4 is 5.52 Å². The van der Waals surface area contributed by atoms with Gasteiger partial charge in [-0.1, -0.05) is 0 Å². The minimum absolute atomic E-state index is 0.783. The van der Waals surface area contributed by atoms with Crippen molar-refractivity contribution in [1.29, 1.82) is 0 Å². The molecule has 5 nitrogen and oxygen atoms in total. The number of rotatable bonds is 0. The third-order valence-corrected chi connectivity index (χ3v) is 1.93. The highest BCUT2D eigenvalue weighted by atomic mass is 15.3. The first-order valence-electron chi connectivity index (χ1n) is 3.84. The van der Waals surface area contributed by atoms with E-state index < -0.39 is 0 Å². The summed E-state index contributed by atoms with van der Waals surface area (Å²) in [4.78, 5) is 4.00. The van der Waals surface area contributed by atoms with Gasteiger partial charge in [-0.2, -0.15) is 0 Å². The van der Waals surface area contributed by atoms with Crippen LogP contribution in [0.2, 0.25) is 0 Å². The smallest absolute Gasteiger partial charge is 0.132 e. The van der Waals surface area contributed by atoms with Crippen LogP contribution in [0.1, 0.15) is 0 Å². The number of hydrogen-bond acceptors (Lipinski definition) is 4. The zero-order chi connectivity index (χ0) is 8.67. The van der Waals surface area contributed by atoms with Crippen LogP contribution in [-0.2, 0) is 0 Å². The highest BCUT2D eigenvalue weighted by Crippen LogP contribution is 2.16. The van der Waals surface area contributed by atoms with E-state index in [-0.39, 0.29) is 0 Å². The van der Waals surface area contributed by atoms with Crippen LogP contribution in [0.3, 0.4) is 0 Å². The van der Waals surface area contributed by atoms with Crippen molar-refractivity contribution in [3.8, 4) is 11.4 Å². The summed E-state index contributed by atoms with van der Waals surface area (Å²) >= 11 is 0. The Labute approximate surface area is 73.4 Å². The largest absolute Gasteiger partial charge is 0.305 e. The highest BCUT2D eigenvalue weighted by molar-refractivity contribution is 5.63. The zero-order valence-electron chi connectivity index (χ0n) is 6.62. The van der Waals surface area contributed by atoms with Crippen molar-refractivity contribution < 1.29 is 0 Å². The Morgan fingerprint density at radius 3 is 3.08 bits per heavy atom. The average molecular weight is 171 g/mol. The zero-order valence-corrected chi connectivity index (χ0v) is 6.62. The van der Waals surface area contributed by atoms with Gasteiger partial charge in [0.2, 0.25) is 0 Å². The van der Waals surface area contributed by atoms with Gasteiger partial charge in [0.25, 0.3) is 0 Å². The van der Waals surface area contributed by atoms with E-state index in [2.05, 4.69) is 20.4 Å². The van der Waals surface area contributed by atoms with Crippen molar-refractivity contribution in [2.75, 3.05) is 0 Å². The van der Waals surface area contributed by atoms with Crippen molar-refractivity contribution in [2.45, 2.75) is 0 Å². The number of pyridine rings is 1. The van der Waals surface area contributed by atoms with Crippen LogP contribution in [0.5, 0.6) is 0 Å². The van der Waals surface area contributed by atoms with E-state index in [1.54, 1.807) is 12.5 Å². The van der Waals surface area contributed by atoms with Crippen molar-refractivity contribution in [1.82, 2.24) is 24.8 Å². The fraction of sp³-hybridized carbons (Fsp3) is 0. The molecule has 0 amide bonds. The summed E-state index contributed by atoms with van der Waals surface area (Å²) in [5, 5.41) is 11.3. The maximum Gasteiger partial charge on any atom is 0.132 e. The van der Waals surface area contributed by atoms with Crippen molar-refractivity contribution in [2.24, 2.45) is 0 Å². The highest BCUT2D eigenvalue weighted by Gasteiger charge is 2.07. The van der Waals surface area contributed by atoms with Crippen LogP contribution in [0, 0.1) is 0 Å². The summed E-state index contributed by atoms with van der Waals surface area (Å²) in [6.07, 6.45) is 5.33. The minimum atomic E-state index is 0.783. The topological polar surface area (TPSA) is 56.0 Å². The molecular weight excluding hydrogens is 166 g/mol. The lowest BCUT2D eigenvalue weighted by atomic mass is 10.2. The van der Waals surface area contributed by atoms with Gasteiger partial charge in [0.15, 0.2) is 0 Å². The van der Waals surface area contributed by atoms with Gasteiger partial charge in [-0.25, -0.2) is 4.98 Å². The van der Waals surface area contributed by atoms with E-state index >= 15 is 0 Å². The van der Waals surface area contributed by atoms with E-state index in [0.29, 0.717) is 0 Å². The summed E-state index contributed by atoms with van der Waals surface area (Å²) in [5.74, 6) is 0. The summed E-state index contributed by atoms with van der Waals surface area (Å²) < 4.78 is 1.89. The SMILES string of the molecule is c1cc2cc3nnnc-3cn2cn1.